The van der Waals surface area contributed by atoms with E-state index < -0.39 is 16.9 Å². The maximum atomic E-state index is 11.9. The van der Waals surface area contributed by atoms with Gasteiger partial charge in [0, 0.05) is 24.4 Å². The number of nitro benzene ring substituents is 1. The largest absolute Gasteiger partial charge is 0.480 e. The molecule has 1 amide bonds. The zero-order valence-corrected chi connectivity index (χ0v) is 19.1. The molecule has 0 aliphatic carbocycles. The minimum absolute atomic E-state index is 0. The van der Waals surface area contributed by atoms with Gasteiger partial charge in [-0.1, -0.05) is 6.42 Å². The lowest BCUT2D eigenvalue weighted by atomic mass is 10.0. The number of piperidine rings is 1. The number of carboxylic acids is 1. The minimum Gasteiger partial charge on any atom is -0.480 e. The second-order valence-electron chi connectivity index (χ2n) is 6.70. The molecule has 0 radical (unpaired) electrons. The molecule has 2 rings (SSSR count). The molecule has 12 nitrogen and oxygen atoms in total. The number of hydrogen-bond donors (Lipinski definition) is 6. The Bertz CT molecular complexity index is 740. The molecule has 1 aromatic carbocycles. The molecule has 9 N–H and O–H groups in total. The predicted octanol–water partition coefficient (Wildman–Crippen LogP) is 0.772. The Balaban J connectivity index is 0. The van der Waals surface area contributed by atoms with E-state index in [1.807, 2.05) is 0 Å². The van der Waals surface area contributed by atoms with Crippen molar-refractivity contribution in [1.82, 2.24) is 10.6 Å². The number of amides is 1. The highest BCUT2D eigenvalue weighted by atomic mass is 35.5. The average Bonchev–Trinajstić information content (AvgIpc) is 2.71. The van der Waals surface area contributed by atoms with Crippen molar-refractivity contribution in [1.29, 1.82) is 0 Å². The van der Waals surface area contributed by atoms with E-state index in [2.05, 4.69) is 15.6 Å². The fourth-order valence-corrected chi connectivity index (χ4v) is 2.70. The molecular formula is C18H31Cl2N7O5. The van der Waals surface area contributed by atoms with Gasteiger partial charge in [-0.25, -0.2) is 4.79 Å². The lowest BCUT2D eigenvalue weighted by molar-refractivity contribution is -0.384. The van der Waals surface area contributed by atoms with Crippen molar-refractivity contribution in [3.63, 3.8) is 0 Å². The SMILES string of the molecule is Cl.Cl.NC(N)=NCCCC(NC(=O)C1CCCCN1)C(=O)O.Nc1ccc([N+](=O)[O-])cc1. The number of carbonyl (C=O) groups excluding carboxylic acids is 1. The van der Waals surface area contributed by atoms with Gasteiger partial charge in [-0.15, -0.1) is 24.8 Å². The molecule has 182 valence electrons. The highest BCUT2D eigenvalue weighted by Crippen LogP contribution is 2.12. The number of carbonyl (C=O) groups is 2. The van der Waals surface area contributed by atoms with Gasteiger partial charge in [-0.3, -0.25) is 19.9 Å². The van der Waals surface area contributed by atoms with Crippen LogP contribution in [-0.2, 0) is 9.59 Å². The van der Waals surface area contributed by atoms with Crippen LogP contribution in [0.5, 0.6) is 0 Å². The van der Waals surface area contributed by atoms with Gasteiger partial charge in [0.2, 0.25) is 5.91 Å². The first-order valence-corrected chi connectivity index (χ1v) is 9.52. The summed E-state index contributed by atoms with van der Waals surface area (Å²) in [5, 5.41) is 24.8. The molecule has 0 aromatic heterocycles. The fraction of sp³-hybridized carbons (Fsp3) is 0.500. The first-order chi connectivity index (χ1) is 14.2. The smallest absolute Gasteiger partial charge is 0.326 e. The molecule has 14 heteroatoms. The molecule has 1 aliphatic rings. The molecule has 32 heavy (non-hydrogen) atoms. The molecule has 1 aromatic rings. The lowest BCUT2D eigenvalue weighted by Crippen LogP contribution is -2.51. The van der Waals surface area contributed by atoms with Crippen LogP contribution < -0.4 is 27.8 Å². The Kier molecular flexibility index (Phi) is 16.5. The molecule has 1 saturated heterocycles. The number of nitrogen functional groups attached to an aromatic ring is 1. The number of non-ortho nitro benzene ring substituents is 1. The Labute approximate surface area is 198 Å². The van der Waals surface area contributed by atoms with Crippen LogP contribution in [0.25, 0.3) is 0 Å². The molecule has 2 unspecified atom stereocenters. The van der Waals surface area contributed by atoms with Gasteiger partial charge in [0.25, 0.3) is 5.69 Å². The third-order valence-corrected chi connectivity index (χ3v) is 4.29. The number of nitrogens with one attached hydrogen (secondary N) is 2. The normalized spacial score (nSPS) is 15.3. The van der Waals surface area contributed by atoms with Crippen molar-refractivity contribution in [2.75, 3.05) is 18.8 Å². The summed E-state index contributed by atoms with van der Waals surface area (Å²) in [6.07, 6.45) is 3.56. The molecule has 2 atom stereocenters. The number of hydrogen-bond acceptors (Lipinski definition) is 7. The molecule has 0 bridgehead atoms. The Morgan fingerprint density at radius 1 is 1.25 bits per heavy atom. The zero-order chi connectivity index (χ0) is 22.5. The van der Waals surface area contributed by atoms with Crippen molar-refractivity contribution < 1.29 is 19.6 Å². The molecule has 1 fully saturated rings. The molecule has 0 spiro atoms. The van der Waals surface area contributed by atoms with Crippen molar-refractivity contribution in [2.24, 2.45) is 16.5 Å². The van der Waals surface area contributed by atoms with Gasteiger partial charge in [0.15, 0.2) is 5.96 Å². The van der Waals surface area contributed by atoms with Gasteiger partial charge < -0.3 is 32.9 Å². The number of anilines is 1. The van der Waals surface area contributed by atoms with E-state index in [-0.39, 0.29) is 48.4 Å². The van der Waals surface area contributed by atoms with Gasteiger partial charge >= 0.3 is 5.97 Å². The summed E-state index contributed by atoms with van der Waals surface area (Å²) in [6.45, 7) is 1.14. The van der Waals surface area contributed by atoms with E-state index in [4.69, 9.17) is 22.3 Å². The standard InChI is InChI=1S/C12H23N5O3.C6H6N2O2.2ClH/c13-12(14)16-7-3-5-9(11(19)20)17-10(18)8-4-1-2-6-15-8;7-5-1-3-6(4-2-5)8(9)10;;/h8-9,15H,1-7H2,(H,17,18)(H,19,20)(H4,13,14,16);1-4H,7H2;2*1H. The van der Waals surface area contributed by atoms with E-state index in [0.717, 1.165) is 25.8 Å². The summed E-state index contributed by atoms with van der Waals surface area (Å²) in [6, 6.07) is 4.55. The minimum atomic E-state index is -1.04. The third-order valence-electron chi connectivity index (χ3n) is 4.29. The number of nitrogens with two attached hydrogens (primary N) is 3. The van der Waals surface area contributed by atoms with E-state index >= 15 is 0 Å². The first kappa shape index (κ1) is 31.4. The second-order valence-corrected chi connectivity index (χ2v) is 6.70. The number of guanidine groups is 1. The first-order valence-electron chi connectivity index (χ1n) is 9.52. The quantitative estimate of drug-likeness (QED) is 0.0748. The van der Waals surface area contributed by atoms with E-state index in [1.54, 1.807) is 0 Å². The highest BCUT2D eigenvalue weighted by molar-refractivity contribution is 5.87. The molecule has 1 aliphatic heterocycles. The zero-order valence-electron chi connectivity index (χ0n) is 17.4. The Hall–Kier alpha value is -2.83. The second kappa shape index (κ2) is 16.8. The maximum Gasteiger partial charge on any atom is 0.326 e. The van der Waals surface area contributed by atoms with Gasteiger partial charge in [0.1, 0.15) is 6.04 Å². The number of carboxylic acid groups (broad SMARTS) is 1. The van der Waals surface area contributed by atoms with E-state index in [0.29, 0.717) is 25.1 Å². The van der Waals surface area contributed by atoms with E-state index in [9.17, 15) is 19.7 Å². The van der Waals surface area contributed by atoms with Crippen molar-refractivity contribution in [3.05, 3.63) is 34.4 Å². The molecule has 1 heterocycles. The number of aliphatic carboxylic acids is 1. The number of benzene rings is 1. The van der Waals surface area contributed by atoms with Crippen LogP contribution in [0.3, 0.4) is 0 Å². The number of aliphatic imine (C=N–C) groups is 1. The van der Waals surface area contributed by atoms with Crippen LogP contribution in [0.2, 0.25) is 0 Å². The van der Waals surface area contributed by atoms with Crippen LogP contribution in [-0.4, -0.2) is 53.0 Å². The summed E-state index contributed by atoms with van der Waals surface area (Å²) in [5.41, 5.74) is 16.3. The van der Waals surface area contributed by atoms with Crippen LogP contribution in [0.15, 0.2) is 29.3 Å². The average molecular weight is 496 g/mol. The number of nitro groups is 1. The van der Waals surface area contributed by atoms with Crippen LogP contribution in [0.4, 0.5) is 11.4 Å². The van der Waals surface area contributed by atoms with Crippen LogP contribution in [0.1, 0.15) is 32.1 Å². The summed E-state index contributed by atoms with van der Waals surface area (Å²) < 4.78 is 0. The fourth-order valence-electron chi connectivity index (χ4n) is 2.70. The summed E-state index contributed by atoms with van der Waals surface area (Å²) in [7, 11) is 0. The number of nitrogens with zero attached hydrogens (tertiary/aromatic N) is 2. The maximum absolute atomic E-state index is 11.9. The lowest BCUT2D eigenvalue weighted by Gasteiger charge is -2.24. The van der Waals surface area contributed by atoms with Crippen LogP contribution in [0, 0.1) is 10.1 Å². The topological polar surface area (TPSA) is 212 Å². The van der Waals surface area contributed by atoms with Crippen molar-refractivity contribution >= 4 is 54.0 Å². The third kappa shape index (κ3) is 12.8. The molecule has 0 saturated carbocycles. The van der Waals surface area contributed by atoms with Gasteiger partial charge in [-0.05, 0) is 44.4 Å². The highest BCUT2D eigenvalue weighted by Gasteiger charge is 2.25. The van der Waals surface area contributed by atoms with Crippen LogP contribution >= 0.6 is 24.8 Å². The Morgan fingerprint density at radius 2 is 1.88 bits per heavy atom. The monoisotopic (exact) mass is 495 g/mol. The summed E-state index contributed by atoms with van der Waals surface area (Å²) in [5.74, 6) is -1.31. The Morgan fingerprint density at radius 3 is 2.34 bits per heavy atom. The number of rotatable bonds is 8. The van der Waals surface area contributed by atoms with Gasteiger partial charge in [-0.2, -0.15) is 0 Å². The molecular weight excluding hydrogens is 465 g/mol. The predicted molar refractivity (Wildman–Crippen MR) is 127 cm³/mol. The van der Waals surface area contributed by atoms with Gasteiger partial charge in [0.05, 0.1) is 11.0 Å². The van der Waals surface area contributed by atoms with E-state index in [1.165, 1.54) is 24.3 Å². The van der Waals surface area contributed by atoms with Crippen molar-refractivity contribution in [3.8, 4) is 0 Å². The number of halogens is 2. The van der Waals surface area contributed by atoms with Crippen molar-refractivity contribution in [2.45, 2.75) is 44.2 Å². The summed E-state index contributed by atoms with van der Waals surface area (Å²) in [4.78, 5) is 36.5. The summed E-state index contributed by atoms with van der Waals surface area (Å²) >= 11 is 0.